The third kappa shape index (κ3) is 3.76. The molecule has 0 aromatic carbocycles. The van der Waals surface area contributed by atoms with Crippen molar-refractivity contribution in [2.24, 2.45) is 0 Å². The van der Waals surface area contributed by atoms with Crippen LogP contribution in [0.25, 0.3) is 11.4 Å². The van der Waals surface area contributed by atoms with Gasteiger partial charge in [-0.2, -0.15) is 5.10 Å². The molecule has 3 heterocycles. The van der Waals surface area contributed by atoms with Crippen molar-refractivity contribution < 1.29 is 4.79 Å². The largest absolute Gasteiger partial charge is 0.368 e. The van der Waals surface area contributed by atoms with Crippen molar-refractivity contribution in [1.82, 2.24) is 35.5 Å². The molecule has 9 heteroatoms. The summed E-state index contributed by atoms with van der Waals surface area (Å²) in [5.74, 6) is 1.20. The van der Waals surface area contributed by atoms with Crippen LogP contribution in [0.1, 0.15) is 40.4 Å². The van der Waals surface area contributed by atoms with E-state index in [2.05, 4.69) is 35.5 Å². The Bertz CT molecular complexity index is 953. The number of anilines is 1. The topological polar surface area (TPSA) is 135 Å². The minimum Gasteiger partial charge on any atom is -0.368 e. The van der Waals surface area contributed by atoms with Crippen LogP contribution in [0.3, 0.4) is 0 Å². The molecule has 1 aliphatic carbocycles. The molecule has 0 atom stereocenters. The fraction of sp³-hybridized carbons (Fsp3) is 0.333. The zero-order chi connectivity index (χ0) is 18.6. The molecule has 0 radical (unpaired) electrons. The molecule has 9 nitrogen and oxygen atoms in total. The summed E-state index contributed by atoms with van der Waals surface area (Å²) in [7, 11) is 0. The van der Waals surface area contributed by atoms with Gasteiger partial charge in [0.15, 0.2) is 5.82 Å². The molecular weight excluding hydrogens is 344 g/mol. The highest BCUT2D eigenvalue weighted by molar-refractivity contribution is 5.94. The molecule has 0 fully saturated rings. The number of aryl methyl sites for hydroxylation is 1. The maximum Gasteiger partial charge on any atom is 0.270 e. The van der Waals surface area contributed by atoms with Gasteiger partial charge in [0.1, 0.15) is 11.5 Å². The Hall–Kier alpha value is -3.36. The van der Waals surface area contributed by atoms with Crippen molar-refractivity contribution in [3.8, 4) is 11.4 Å². The molecule has 1 amide bonds. The predicted octanol–water partition coefficient (Wildman–Crippen LogP) is 1.09. The molecule has 4 rings (SSSR count). The van der Waals surface area contributed by atoms with Gasteiger partial charge in [0.2, 0.25) is 5.95 Å². The molecule has 4 N–H and O–H groups in total. The molecule has 0 saturated carbocycles. The van der Waals surface area contributed by atoms with E-state index >= 15 is 0 Å². The molecule has 0 bridgehead atoms. The van der Waals surface area contributed by atoms with Gasteiger partial charge in [-0.1, -0.05) is 0 Å². The van der Waals surface area contributed by atoms with E-state index in [1.807, 2.05) is 12.1 Å². The highest BCUT2D eigenvalue weighted by Crippen LogP contribution is 2.22. The Morgan fingerprint density at radius 2 is 2.11 bits per heavy atom. The summed E-state index contributed by atoms with van der Waals surface area (Å²) in [6, 6.07) is 3.73. The lowest BCUT2D eigenvalue weighted by molar-refractivity contribution is 0.0947. The van der Waals surface area contributed by atoms with Gasteiger partial charge >= 0.3 is 0 Å². The number of hydrogen-bond acceptors (Lipinski definition) is 7. The summed E-state index contributed by atoms with van der Waals surface area (Å²) in [6.45, 7) is 0.416. The van der Waals surface area contributed by atoms with Gasteiger partial charge < -0.3 is 11.1 Å². The van der Waals surface area contributed by atoms with Crippen LogP contribution in [-0.2, 0) is 19.3 Å². The molecular formula is C18H20N8O. The minimum atomic E-state index is -0.228. The smallest absolute Gasteiger partial charge is 0.270 e. The number of carbonyl (C=O) groups is 1. The Kier molecular flexibility index (Phi) is 4.73. The molecule has 0 aliphatic heterocycles. The van der Waals surface area contributed by atoms with Gasteiger partial charge in [-0.25, -0.2) is 15.0 Å². The van der Waals surface area contributed by atoms with E-state index in [0.29, 0.717) is 30.3 Å². The number of fused-ring (bicyclic) bond motifs is 1. The van der Waals surface area contributed by atoms with E-state index in [1.54, 1.807) is 12.4 Å². The number of nitrogens with one attached hydrogen (secondary N) is 2. The van der Waals surface area contributed by atoms with Crippen molar-refractivity contribution in [2.45, 2.75) is 32.1 Å². The van der Waals surface area contributed by atoms with Crippen LogP contribution in [0.4, 0.5) is 5.95 Å². The number of amides is 1. The molecule has 27 heavy (non-hydrogen) atoms. The first-order chi connectivity index (χ1) is 13.2. The summed E-state index contributed by atoms with van der Waals surface area (Å²) in [6.07, 6.45) is 7.70. The van der Waals surface area contributed by atoms with Crippen LogP contribution in [-0.4, -0.2) is 42.6 Å². The van der Waals surface area contributed by atoms with Crippen LogP contribution in [0.2, 0.25) is 0 Å². The molecule has 3 aromatic rings. The minimum absolute atomic E-state index is 0.150. The van der Waals surface area contributed by atoms with Crippen LogP contribution in [0, 0.1) is 0 Å². The average Bonchev–Trinajstić information content (AvgIpc) is 3.17. The lowest BCUT2D eigenvalue weighted by Gasteiger charge is -2.17. The Balaban J connectivity index is 1.39. The highest BCUT2D eigenvalue weighted by Gasteiger charge is 2.21. The highest BCUT2D eigenvalue weighted by atomic mass is 16.1. The van der Waals surface area contributed by atoms with Crippen molar-refractivity contribution in [1.29, 1.82) is 0 Å². The molecule has 3 aromatic heterocycles. The normalized spacial score (nSPS) is 13.2. The lowest BCUT2D eigenvalue weighted by atomic mass is 9.94. The predicted molar refractivity (Wildman–Crippen MR) is 98.7 cm³/mol. The summed E-state index contributed by atoms with van der Waals surface area (Å²) >= 11 is 0. The summed E-state index contributed by atoms with van der Waals surface area (Å²) in [5, 5.41) is 9.97. The van der Waals surface area contributed by atoms with Crippen molar-refractivity contribution in [3.63, 3.8) is 0 Å². The Morgan fingerprint density at radius 1 is 1.22 bits per heavy atom. The molecule has 0 unspecified atom stereocenters. The van der Waals surface area contributed by atoms with Crippen LogP contribution in [0.15, 0.2) is 24.5 Å². The second-order valence-electron chi connectivity index (χ2n) is 6.42. The van der Waals surface area contributed by atoms with Gasteiger partial charge in [-0.15, -0.1) is 0 Å². The molecule has 0 saturated heterocycles. The van der Waals surface area contributed by atoms with Crippen LogP contribution < -0.4 is 11.1 Å². The summed E-state index contributed by atoms with van der Waals surface area (Å²) in [5.41, 5.74) is 8.82. The fourth-order valence-electron chi connectivity index (χ4n) is 3.21. The zero-order valence-corrected chi connectivity index (χ0v) is 14.8. The van der Waals surface area contributed by atoms with Crippen LogP contribution >= 0.6 is 0 Å². The SMILES string of the molecule is Nc1nc2c(c(C(=O)NCCc3nc(-c4cccnc4)n[nH]3)n1)CCCC2. The maximum atomic E-state index is 12.6. The fourth-order valence-corrected chi connectivity index (χ4v) is 3.21. The number of nitrogens with zero attached hydrogens (tertiary/aromatic N) is 5. The number of nitrogens with two attached hydrogens (primary N) is 1. The number of aromatic nitrogens is 6. The van der Waals surface area contributed by atoms with Crippen LogP contribution in [0.5, 0.6) is 0 Å². The first-order valence-corrected chi connectivity index (χ1v) is 8.96. The Morgan fingerprint density at radius 3 is 2.96 bits per heavy atom. The summed E-state index contributed by atoms with van der Waals surface area (Å²) < 4.78 is 0. The lowest BCUT2D eigenvalue weighted by Crippen LogP contribution is -2.29. The van der Waals surface area contributed by atoms with Crippen molar-refractivity contribution in [2.75, 3.05) is 12.3 Å². The molecule has 1 aliphatic rings. The number of pyridine rings is 1. The average molecular weight is 364 g/mol. The van der Waals surface area contributed by atoms with Gasteiger partial charge in [0.25, 0.3) is 5.91 Å². The molecule has 138 valence electrons. The van der Waals surface area contributed by atoms with Crippen molar-refractivity contribution in [3.05, 3.63) is 47.3 Å². The second kappa shape index (κ2) is 7.48. The number of nitrogen functional groups attached to an aromatic ring is 1. The quantitative estimate of drug-likeness (QED) is 0.616. The third-order valence-corrected chi connectivity index (χ3v) is 4.51. The monoisotopic (exact) mass is 364 g/mol. The Labute approximate surface area is 155 Å². The van der Waals surface area contributed by atoms with Gasteiger partial charge in [-0.05, 0) is 37.8 Å². The first kappa shape index (κ1) is 17.1. The van der Waals surface area contributed by atoms with Gasteiger partial charge in [-0.3, -0.25) is 14.9 Å². The standard InChI is InChI=1S/C18H20N8O/c19-18-22-13-6-2-1-5-12(13)15(24-18)17(27)21-9-7-14-23-16(26-25-14)11-4-3-8-20-10-11/h3-4,8,10H,1-2,5-7,9H2,(H,21,27)(H2,19,22,24)(H,23,25,26). The zero-order valence-electron chi connectivity index (χ0n) is 14.8. The van der Waals surface area contributed by atoms with E-state index in [0.717, 1.165) is 42.5 Å². The van der Waals surface area contributed by atoms with E-state index < -0.39 is 0 Å². The number of hydrogen-bond donors (Lipinski definition) is 3. The maximum absolute atomic E-state index is 12.6. The van der Waals surface area contributed by atoms with Gasteiger partial charge in [0, 0.05) is 42.2 Å². The van der Waals surface area contributed by atoms with Gasteiger partial charge in [0.05, 0.1) is 0 Å². The summed E-state index contributed by atoms with van der Waals surface area (Å²) in [4.78, 5) is 29.5. The number of H-pyrrole nitrogens is 1. The number of aromatic amines is 1. The van der Waals surface area contributed by atoms with E-state index in [-0.39, 0.29) is 11.9 Å². The third-order valence-electron chi connectivity index (χ3n) is 4.51. The van der Waals surface area contributed by atoms with Crippen molar-refractivity contribution >= 4 is 11.9 Å². The van der Waals surface area contributed by atoms with E-state index in [4.69, 9.17) is 5.73 Å². The van der Waals surface area contributed by atoms with E-state index in [1.165, 1.54) is 0 Å². The number of rotatable bonds is 5. The first-order valence-electron chi connectivity index (χ1n) is 8.96. The van der Waals surface area contributed by atoms with E-state index in [9.17, 15) is 4.79 Å². The molecule has 0 spiro atoms. The number of carbonyl (C=O) groups excluding carboxylic acids is 1. The second-order valence-corrected chi connectivity index (χ2v) is 6.42.